The fourth-order valence-corrected chi connectivity index (χ4v) is 2.49. The quantitative estimate of drug-likeness (QED) is 0.657. The lowest BCUT2D eigenvalue weighted by Crippen LogP contribution is -2.01. The second-order valence-corrected chi connectivity index (χ2v) is 4.02. The largest absolute Gasteiger partial charge is 0.287 e. The van der Waals surface area contributed by atoms with Crippen LogP contribution in [0.5, 0.6) is 0 Å². The molecule has 1 saturated heterocycles. The zero-order valence-corrected chi connectivity index (χ0v) is 7.51. The highest BCUT2D eigenvalue weighted by molar-refractivity contribution is 8.14. The summed E-state index contributed by atoms with van der Waals surface area (Å²) in [5.41, 5.74) is 1.17. The van der Waals surface area contributed by atoms with Crippen molar-refractivity contribution in [3.8, 4) is 0 Å². The third-order valence-electron chi connectivity index (χ3n) is 2.14. The van der Waals surface area contributed by atoms with E-state index in [4.69, 9.17) is 0 Å². The van der Waals surface area contributed by atoms with E-state index in [1.807, 2.05) is 30.3 Å². The summed E-state index contributed by atoms with van der Waals surface area (Å²) in [4.78, 5) is 11.3. The van der Waals surface area contributed by atoms with Gasteiger partial charge < -0.3 is 0 Å². The Morgan fingerprint density at radius 2 is 2.00 bits per heavy atom. The number of thioether (sulfide) groups is 1. The average Bonchev–Trinajstić information content (AvgIpc) is 2.53. The molecule has 0 radical (unpaired) electrons. The second kappa shape index (κ2) is 3.31. The Bertz CT molecular complexity index is 281. The summed E-state index contributed by atoms with van der Waals surface area (Å²) in [6, 6.07) is 10.0. The molecule has 0 N–H and O–H groups in total. The van der Waals surface area contributed by atoms with Gasteiger partial charge in [0, 0.05) is 5.75 Å². The van der Waals surface area contributed by atoms with Gasteiger partial charge in [0.1, 0.15) is 0 Å². The van der Waals surface area contributed by atoms with Crippen LogP contribution in [0.25, 0.3) is 0 Å². The van der Waals surface area contributed by atoms with Crippen LogP contribution >= 0.6 is 11.8 Å². The first kappa shape index (κ1) is 7.87. The van der Waals surface area contributed by atoms with Crippen molar-refractivity contribution in [2.75, 3.05) is 5.75 Å². The van der Waals surface area contributed by atoms with Gasteiger partial charge in [-0.3, -0.25) is 4.79 Å². The Labute approximate surface area is 76.2 Å². The predicted octanol–water partition coefficient (Wildman–Crippen LogP) is 2.43. The van der Waals surface area contributed by atoms with Crippen LogP contribution in [-0.2, 0) is 4.79 Å². The predicted molar refractivity (Wildman–Crippen MR) is 51.3 cm³/mol. The van der Waals surface area contributed by atoms with Gasteiger partial charge >= 0.3 is 0 Å². The van der Waals surface area contributed by atoms with Gasteiger partial charge in [0.15, 0.2) is 5.12 Å². The first-order chi connectivity index (χ1) is 5.88. The molecule has 2 rings (SSSR count). The third kappa shape index (κ3) is 1.39. The normalized spacial score (nSPS) is 23.0. The Morgan fingerprint density at radius 3 is 2.58 bits per heavy atom. The summed E-state index contributed by atoms with van der Waals surface area (Å²) >= 11 is 1.46. The van der Waals surface area contributed by atoms with E-state index in [0.29, 0.717) is 5.12 Å². The van der Waals surface area contributed by atoms with Crippen LogP contribution in [-0.4, -0.2) is 10.9 Å². The molecule has 12 heavy (non-hydrogen) atoms. The van der Waals surface area contributed by atoms with Crippen molar-refractivity contribution in [1.29, 1.82) is 0 Å². The van der Waals surface area contributed by atoms with Crippen LogP contribution in [0.2, 0.25) is 0 Å². The molecule has 1 aromatic carbocycles. The van der Waals surface area contributed by atoms with E-state index in [1.54, 1.807) is 0 Å². The zero-order chi connectivity index (χ0) is 8.39. The van der Waals surface area contributed by atoms with Crippen molar-refractivity contribution in [2.45, 2.75) is 12.3 Å². The second-order valence-electron chi connectivity index (χ2n) is 2.92. The number of hydrogen-bond donors (Lipinski definition) is 0. The number of hydrogen-bond acceptors (Lipinski definition) is 2. The topological polar surface area (TPSA) is 17.1 Å². The smallest absolute Gasteiger partial charge is 0.196 e. The van der Waals surface area contributed by atoms with Gasteiger partial charge in [-0.25, -0.2) is 0 Å². The monoisotopic (exact) mass is 178 g/mol. The average molecular weight is 178 g/mol. The number of carbonyl (C=O) groups excluding carboxylic acids is 1. The van der Waals surface area contributed by atoms with Crippen LogP contribution in [0.4, 0.5) is 0 Å². The van der Waals surface area contributed by atoms with E-state index in [-0.39, 0.29) is 5.92 Å². The molecule has 1 nitrogen and oxygen atoms in total. The summed E-state index contributed by atoms with van der Waals surface area (Å²) < 4.78 is 0. The first-order valence-corrected chi connectivity index (χ1v) is 5.08. The molecule has 1 aliphatic heterocycles. The molecule has 1 fully saturated rings. The van der Waals surface area contributed by atoms with Gasteiger partial charge in [0.05, 0.1) is 5.92 Å². The summed E-state index contributed by atoms with van der Waals surface area (Å²) in [7, 11) is 0. The van der Waals surface area contributed by atoms with Crippen molar-refractivity contribution >= 4 is 16.9 Å². The standard InChI is InChI=1S/C10H10OS/c11-10-9(6-7-12-10)8-4-2-1-3-5-8/h1-5,9H,6-7H2. The van der Waals surface area contributed by atoms with Gasteiger partial charge in [0.2, 0.25) is 0 Å². The maximum atomic E-state index is 11.3. The summed E-state index contributed by atoms with van der Waals surface area (Å²) in [5, 5.41) is 0.334. The van der Waals surface area contributed by atoms with Crippen LogP contribution in [0, 0.1) is 0 Å². The van der Waals surface area contributed by atoms with Crippen molar-refractivity contribution in [2.24, 2.45) is 0 Å². The fourth-order valence-electron chi connectivity index (χ4n) is 1.48. The minimum Gasteiger partial charge on any atom is -0.287 e. The van der Waals surface area contributed by atoms with E-state index >= 15 is 0 Å². The maximum Gasteiger partial charge on any atom is 0.196 e. The fraction of sp³-hybridized carbons (Fsp3) is 0.300. The molecule has 62 valence electrons. The van der Waals surface area contributed by atoms with Crippen molar-refractivity contribution in [3.63, 3.8) is 0 Å². The molecule has 0 saturated carbocycles. The van der Waals surface area contributed by atoms with Gasteiger partial charge in [0.25, 0.3) is 0 Å². The van der Waals surface area contributed by atoms with E-state index in [2.05, 4.69) is 0 Å². The Morgan fingerprint density at radius 1 is 1.25 bits per heavy atom. The molecule has 1 atom stereocenters. The van der Waals surface area contributed by atoms with Gasteiger partial charge in [-0.15, -0.1) is 0 Å². The first-order valence-electron chi connectivity index (χ1n) is 4.09. The highest BCUT2D eigenvalue weighted by Gasteiger charge is 2.26. The minimum atomic E-state index is 0.163. The molecule has 0 bridgehead atoms. The maximum absolute atomic E-state index is 11.3. The van der Waals surface area contributed by atoms with Crippen LogP contribution in [0.3, 0.4) is 0 Å². The van der Waals surface area contributed by atoms with E-state index < -0.39 is 0 Å². The Balaban J connectivity index is 2.25. The number of carbonyl (C=O) groups is 1. The lowest BCUT2D eigenvalue weighted by atomic mass is 9.98. The van der Waals surface area contributed by atoms with Crippen LogP contribution in [0.1, 0.15) is 17.9 Å². The Hall–Kier alpha value is -0.760. The zero-order valence-electron chi connectivity index (χ0n) is 6.69. The third-order valence-corrected chi connectivity index (χ3v) is 3.15. The van der Waals surface area contributed by atoms with Crippen LogP contribution in [0.15, 0.2) is 30.3 Å². The van der Waals surface area contributed by atoms with E-state index in [1.165, 1.54) is 17.3 Å². The molecule has 1 heterocycles. The molecule has 0 spiro atoms. The molecule has 2 heteroatoms. The summed E-state index contributed by atoms with van der Waals surface area (Å²) in [6.45, 7) is 0. The molecular weight excluding hydrogens is 168 g/mol. The summed E-state index contributed by atoms with van der Waals surface area (Å²) in [5.74, 6) is 1.15. The molecule has 0 aromatic heterocycles. The van der Waals surface area contributed by atoms with Crippen molar-refractivity contribution < 1.29 is 4.79 Å². The number of benzene rings is 1. The van der Waals surface area contributed by atoms with Gasteiger partial charge in [-0.2, -0.15) is 0 Å². The number of rotatable bonds is 1. The van der Waals surface area contributed by atoms with Crippen LogP contribution < -0.4 is 0 Å². The summed E-state index contributed by atoms with van der Waals surface area (Å²) in [6.07, 6.45) is 1.01. The molecular formula is C10H10OS. The molecule has 0 amide bonds. The van der Waals surface area contributed by atoms with Crippen molar-refractivity contribution in [3.05, 3.63) is 35.9 Å². The lowest BCUT2D eigenvalue weighted by Gasteiger charge is -2.05. The Kier molecular flexibility index (Phi) is 2.17. The van der Waals surface area contributed by atoms with Gasteiger partial charge in [-0.1, -0.05) is 42.1 Å². The SMILES string of the molecule is O=C1SCCC1c1ccccc1. The van der Waals surface area contributed by atoms with E-state index in [9.17, 15) is 4.79 Å². The molecule has 1 aliphatic rings. The highest BCUT2D eigenvalue weighted by atomic mass is 32.2. The van der Waals surface area contributed by atoms with Crippen molar-refractivity contribution in [1.82, 2.24) is 0 Å². The van der Waals surface area contributed by atoms with Gasteiger partial charge in [-0.05, 0) is 12.0 Å². The molecule has 1 unspecified atom stereocenters. The minimum absolute atomic E-state index is 0.163. The lowest BCUT2D eigenvalue weighted by molar-refractivity contribution is -0.111. The highest BCUT2D eigenvalue weighted by Crippen LogP contribution is 2.33. The molecule has 1 aromatic rings. The molecule has 0 aliphatic carbocycles. The van der Waals surface area contributed by atoms with E-state index in [0.717, 1.165) is 12.2 Å².